The maximum Gasteiger partial charge on any atom is 0.0237 e. The summed E-state index contributed by atoms with van der Waals surface area (Å²) in [6.07, 6.45) is 13.4. The fourth-order valence-electron chi connectivity index (χ4n) is 3.15. The van der Waals surface area contributed by atoms with E-state index < -0.39 is 0 Å². The first-order valence-electron chi connectivity index (χ1n) is 8.89. The zero-order chi connectivity index (χ0) is 15.6. The molecule has 2 rings (SSSR count). The largest absolute Gasteiger partial charge is 0.295 e. The van der Waals surface area contributed by atoms with E-state index in [-0.39, 0.29) is 0 Å². The van der Waals surface area contributed by atoms with Gasteiger partial charge in [0.05, 0.1) is 0 Å². The number of nitrogens with zero attached hydrogens (tertiary/aromatic N) is 1. The lowest BCUT2D eigenvalue weighted by Gasteiger charge is -2.27. The van der Waals surface area contributed by atoms with Crippen molar-refractivity contribution in [3.8, 4) is 0 Å². The lowest BCUT2D eigenvalue weighted by atomic mass is 10.0. The van der Waals surface area contributed by atoms with E-state index in [1.807, 2.05) is 0 Å². The van der Waals surface area contributed by atoms with E-state index >= 15 is 0 Å². The number of benzene rings is 1. The highest BCUT2D eigenvalue weighted by Gasteiger charge is 2.12. The quantitative estimate of drug-likeness (QED) is 0.574. The fourth-order valence-corrected chi connectivity index (χ4v) is 3.15. The van der Waals surface area contributed by atoms with Gasteiger partial charge in [0.25, 0.3) is 0 Å². The highest BCUT2D eigenvalue weighted by atomic mass is 15.1. The van der Waals surface area contributed by atoms with Gasteiger partial charge in [-0.2, -0.15) is 0 Å². The van der Waals surface area contributed by atoms with Crippen molar-refractivity contribution in [2.24, 2.45) is 5.92 Å². The van der Waals surface area contributed by atoms with Gasteiger partial charge in [-0.1, -0.05) is 75.2 Å². The van der Waals surface area contributed by atoms with Gasteiger partial charge in [-0.25, -0.2) is 0 Å². The second-order valence-electron chi connectivity index (χ2n) is 6.66. The summed E-state index contributed by atoms with van der Waals surface area (Å²) >= 11 is 0. The van der Waals surface area contributed by atoms with E-state index in [1.165, 1.54) is 49.8 Å². The maximum atomic E-state index is 2.62. The normalized spacial score (nSPS) is 15.9. The summed E-state index contributed by atoms with van der Waals surface area (Å²) < 4.78 is 0. The number of rotatable bonds is 9. The maximum absolute atomic E-state index is 2.62. The van der Waals surface area contributed by atoms with Crippen LogP contribution < -0.4 is 0 Å². The van der Waals surface area contributed by atoms with Crippen molar-refractivity contribution in [1.29, 1.82) is 0 Å². The van der Waals surface area contributed by atoms with Gasteiger partial charge < -0.3 is 0 Å². The first kappa shape index (κ1) is 17.0. The highest BCUT2D eigenvalue weighted by Crippen LogP contribution is 2.17. The summed E-state index contributed by atoms with van der Waals surface area (Å²) in [6.45, 7) is 8.02. The topological polar surface area (TPSA) is 3.24 Å². The van der Waals surface area contributed by atoms with Gasteiger partial charge in [-0.3, -0.25) is 4.90 Å². The average molecular weight is 297 g/mol. The molecule has 1 aromatic rings. The third-order valence-corrected chi connectivity index (χ3v) is 4.35. The zero-order valence-electron chi connectivity index (χ0n) is 14.3. The van der Waals surface area contributed by atoms with E-state index in [4.69, 9.17) is 0 Å². The summed E-state index contributed by atoms with van der Waals surface area (Å²) in [5.41, 5.74) is 2.91. The Morgan fingerprint density at radius 3 is 2.59 bits per heavy atom. The zero-order valence-corrected chi connectivity index (χ0v) is 14.3. The van der Waals surface area contributed by atoms with Gasteiger partial charge in [-0.15, -0.1) is 0 Å². The van der Waals surface area contributed by atoms with Gasteiger partial charge in [0, 0.05) is 19.6 Å². The van der Waals surface area contributed by atoms with Crippen LogP contribution in [0.15, 0.2) is 54.1 Å². The van der Waals surface area contributed by atoms with Crippen LogP contribution in [0, 0.1) is 5.92 Å². The predicted molar refractivity (Wildman–Crippen MR) is 96.9 cm³/mol. The molecule has 0 spiro atoms. The smallest absolute Gasteiger partial charge is 0.0237 e. The van der Waals surface area contributed by atoms with Gasteiger partial charge in [0.1, 0.15) is 0 Å². The molecule has 1 aliphatic rings. The summed E-state index contributed by atoms with van der Waals surface area (Å²) in [6, 6.07) is 10.9. The molecule has 0 N–H and O–H groups in total. The molecule has 0 amide bonds. The number of hydrogen-bond acceptors (Lipinski definition) is 1. The van der Waals surface area contributed by atoms with Crippen molar-refractivity contribution in [2.75, 3.05) is 13.1 Å². The number of unbranched alkanes of at least 4 members (excludes halogenated alkanes) is 1. The van der Waals surface area contributed by atoms with Crippen LogP contribution in [0.25, 0.3) is 0 Å². The van der Waals surface area contributed by atoms with Crippen molar-refractivity contribution in [1.82, 2.24) is 4.90 Å². The third kappa shape index (κ3) is 6.19. The van der Waals surface area contributed by atoms with E-state index in [2.05, 4.69) is 67.3 Å². The van der Waals surface area contributed by atoms with E-state index in [0.29, 0.717) is 0 Å². The van der Waals surface area contributed by atoms with Crippen LogP contribution in [0.5, 0.6) is 0 Å². The van der Waals surface area contributed by atoms with Gasteiger partial charge in [-0.05, 0) is 36.3 Å². The van der Waals surface area contributed by atoms with Crippen LogP contribution >= 0.6 is 0 Å². The Morgan fingerprint density at radius 2 is 1.91 bits per heavy atom. The molecular weight excluding hydrogens is 266 g/mol. The van der Waals surface area contributed by atoms with Crippen LogP contribution in [0.4, 0.5) is 0 Å². The Kier molecular flexibility index (Phi) is 7.45. The average Bonchev–Trinajstić information content (AvgIpc) is 2.55. The Balaban J connectivity index is 1.96. The standard InChI is InChI=1S/C21H31N/c1-3-4-11-19(2)16-22(17-20-12-7-5-8-13-20)18-21-14-9-6-10-15-21/h5,7-9,12-15,19H,3-4,6,10-11,16-18H2,1-2H3. The van der Waals surface area contributed by atoms with Gasteiger partial charge in [0.15, 0.2) is 0 Å². The molecule has 0 radical (unpaired) electrons. The Morgan fingerprint density at radius 1 is 1.09 bits per heavy atom. The molecule has 120 valence electrons. The Bertz CT molecular complexity index is 472. The molecule has 0 aliphatic heterocycles. The van der Waals surface area contributed by atoms with Crippen LogP contribution in [0.2, 0.25) is 0 Å². The SMILES string of the molecule is CCCCC(C)CN(CC1=CCCC=C1)Cc1ccccc1. The highest BCUT2D eigenvalue weighted by molar-refractivity contribution is 5.24. The fraction of sp³-hybridized carbons (Fsp3) is 0.524. The minimum absolute atomic E-state index is 0.775. The van der Waals surface area contributed by atoms with Gasteiger partial charge >= 0.3 is 0 Å². The predicted octanol–water partition coefficient (Wildman–Crippen LogP) is 5.59. The van der Waals surface area contributed by atoms with Crippen LogP contribution in [0.3, 0.4) is 0 Å². The number of hydrogen-bond donors (Lipinski definition) is 0. The second-order valence-corrected chi connectivity index (χ2v) is 6.66. The lowest BCUT2D eigenvalue weighted by Crippen LogP contribution is -2.30. The molecule has 1 unspecified atom stereocenters. The van der Waals surface area contributed by atoms with Gasteiger partial charge in [0.2, 0.25) is 0 Å². The summed E-state index contributed by atoms with van der Waals surface area (Å²) in [5.74, 6) is 0.775. The molecular formula is C21H31N. The van der Waals surface area contributed by atoms with Crippen LogP contribution in [0.1, 0.15) is 51.5 Å². The molecule has 0 saturated heterocycles. The Labute approximate surface area is 136 Å². The first-order valence-corrected chi connectivity index (χ1v) is 8.89. The minimum Gasteiger partial charge on any atom is -0.295 e. The summed E-state index contributed by atoms with van der Waals surface area (Å²) in [4.78, 5) is 2.62. The summed E-state index contributed by atoms with van der Waals surface area (Å²) in [7, 11) is 0. The minimum atomic E-state index is 0.775. The molecule has 1 heteroatoms. The van der Waals surface area contributed by atoms with Crippen molar-refractivity contribution in [3.05, 3.63) is 59.7 Å². The molecule has 0 saturated carbocycles. The second kappa shape index (κ2) is 9.63. The molecule has 1 aromatic carbocycles. The molecule has 0 bridgehead atoms. The first-order chi connectivity index (χ1) is 10.8. The number of allylic oxidation sites excluding steroid dienone is 2. The van der Waals surface area contributed by atoms with Crippen molar-refractivity contribution >= 4 is 0 Å². The molecule has 1 aliphatic carbocycles. The molecule has 0 fully saturated rings. The molecule has 1 atom stereocenters. The summed E-state index contributed by atoms with van der Waals surface area (Å²) in [5, 5.41) is 0. The van der Waals surface area contributed by atoms with Crippen molar-refractivity contribution < 1.29 is 0 Å². The Hall–Kier alpha value is -1.34. The molecule has 1 nitrogen and oxygen atoms in total. The molecule has 0 heterocycles. The molecule has 22 heavy (non-hydrogen) atoms. The van der Waals surface area contributed by atoms with Crippen LogP contribution in [-0.2, 0) is 6.54 Å². The van der Waals surface area contributed by atoms with E-state index in [1.54, 1.807) is 0 Å². The monoisotopic (exact) mass is 297 g/mol. The third-order valence-electron chi connectivity index (χ3n) is 4.35. The lowest BCUT2D eigenvalue weighted by molar-refractivity contribution is 0.240. The van der Waals surface area contributed by atoms with E-state index in [9.17, 15) is 0 Å². The molecule has 0 aromatic heterocycles. The van der Waals surface area contributed by atoms with Crippen molar-refractivity contribution in [3.63, 3.8) is 0 Å². The van der Waals surface area contributed by atoms with Crippen LogP contribution in [-0.4, -0.2) is 18.0 Å². The van der Waals surface area contributed by atoms with E-state index in [0.717, 1.165) is 19.0 Å². The van der Waals surface area contributed by atoms with Crippen molar-refractivity contribution in [2.45, 2.75) is 52.5 Å².